The first-order valence-electron chi connectivity index (χ1n) is 8.87. The third-order valence-electron chi connectivity index (χ3n) is 5.33. The summed E-state index contributed by atoms with van der Waals surface area (Å²) in [6, 6.07) is 10.5. The summed E-state index contributed by atoms with van der Waals surface area (Å²) in [6.07, 6.45) is 4.88. The zero-order valence-electron chi connectivity index (χ0n) is 14.1. The molecule has 3 heterocycles. The molecule has 2 aliphatic rings. The molecule has 126 valence electrons. The van der Waals surface area contributed by atoms with Crippen molar-refractivity contribution in [3.63, 3.8) is 0 Å². The molecule has 0 aliphatic carbocycles. The Labute approximate surface area is 142 Å². The van der Waals surface area contributed by atoms with Gasteiger partial charge in [0.2, 0.25) is 5.91 Å². The number of rotatable bonds is 2. The molecular weight excluding hydrogens is 300 g/mol. The van der Waals surface area contributed by atoms with Crippen LogP contribution in [0.1, 0.15) is 31.0 Å². The number of amides is 1. The zero-order chi connectivity index (χ0) is 16.5. The Balaban J connectivity index is 1.53. The Kier molecular flexibility index (Phi) is 4.10. The van der Waals surface area contributed by atoms with Gasteiger partial charge in [-0.25, -0.2) is 4.68 Å². The van der Waals surface area contributed by atoms with Crippen LogP contribution >= 0.6 is 0 Å². The first-order valence-corrected chi connectivity index (χ1v) is 8.87. The smallest absolute Gasteiger partial charge is 0.227 e. The monoisotopic (exact) mass is 324 g/mol. The predicted octanol–water partition coefficient (Wildman–Crippen LogP) is 2.15. The molecular formula is C19H24N4O. The number of nitrogens with one attached hydrogen (secondary N) is 1. The van der Waals surface area contributed by atoms with Crippen LogP contribution in [0.15, 0.2) is 36.5 Å². The molecule has 0 bridgehead atoms. The molecule has 1 fully saturated rings. The topological polar surface area (TPSA) is 50.2 Å². The highest BCUT2D eigenvalue weighted by molar-refractivity contribution is 5.80. The summed E-state index contributed by atoms with van der Waals surface area (Å²) in [5.41, 5.74) is 3.50. The number of hydrogen-bond acceptors (Lipinski definition) is 3. The minimum absolute atomic E-state index is 0.115. The highest BCUT2D eigenvalue weighted by atomic mass is 16.2. The van der Waals surface area contributed by atoms with Gasteiger partial charge in [0.05, 0.1) is 23.5 Å². The van der Waals surface area contributed by atoms with Gasteiger partial charge in [0.1, 0.15) is 0 Å². The van der Waals surface area contributed by atoms with E-state index in [4.69, 9.17) is 0 Å². The number of carbonyl (C=O) groups excluding carboxylic acids is 1. The van der Waals surface area contributed by atoms with Gasteiger partial charge in [0.25, 0.3) is 0 Å². The number of carbonyl (C=O) groups is 1. The summed E-state index contributed by atoms with van der Waals surface area (Å²) in [7, 11) is 0. The zero-order valence-corrected chi connectivity index (χ0v) is 14.1. The van der Waals surface area contributed by atoms with Crippen molar-refractivity contribution in [1.82, 2.24) is 20.0 Å². The van der Waals surface area contributed by atoms with Crippen LogP contribution < -0.4 is 5.32 Å². The number of benzene rings is 1. The Morgan fingerprint density at radius 1 is 1.29 bits per heavy atom. The average molecular weight is 324 g/mol. The molecule has 4 rings (SSSR count). The van der Waals surface area contributed by atoms with Crippen LogP contribution in [0.5, 0.6) is 0 Å². The molecule has 1 aromatic heterocycles. The molecule has 1 aromatic carbocycles. The SMILES string of the molecule is CC1NCCCC1C(=O)N1CCc2c(cnn2-c2ccccc2)C1. The highest BCUT2D eigenvalue weighted by Gasteiger charge is 2.33. The number of aromatic nitrogens is 2. The second-order valence-corrected chi connectivity index (χ2v) is 6.87. The lowest BCUT2D eigenvalue weighted by molar-refractivity contribution is -0.138. The van der Waals surface area contributed by atoms with E-state index in [2.05, 4.69) is 29.5 Å². The van der Waals surface area contributed by atoms with E-state index in [1.807, 2.05) is 34.0 Å². The van der Waals surface area contributed by atoms with Gasteiger partial charge in [-0.2, -0.15) is 5.10 Å². The molecule has 0 radical (unpaired) electrons. The second-order valence-electron chi connectivity index (χ2n) is 6.87. The molecule has 2 aliphatic heterocycles. The van der Waals surface area contributed by atoms with Crippen LogP contribution in [0.4, 0.5) is 0 Å². The average Bonchev–Trinajstić information content (AvgIpc) is 3.05. The van der Waals surface area contributed by atoms with Crippen LogP contribution in [0, 0.1) is 5.92 Å². The minimum atomic E-state index is 0.115. The van der Waals surface area contributed by atoms with E-state index in [9.17, 15) is 4.79 Å². The maximum atomic E-state index is 12.9. The first-order chi connectivity index (χ1) is 11.7. The number of nitrogens with zero attached hydrogens (tertiary/aromatic N) is 3. The Bertz CT molecular complexity index is 724. The van der Waals surface area contributed by atoms with Crippen molar-refractivity contribution in [3.8, 4) is 5.69 Å². The van der Waals surface area contributed by atoms with Crippen molar-refractivity contribution >= 4 is 5.91 Å². The van der Waals surface area contributed by atoms with Gasteiger partial charge in [-0.3, -0.25) is 4.79 Å². The molecule has 5 heteroatoms. The van der Waals surface area contributed by atoms with E-state index < -0.39 is 0 Å². The first kappa shape index (κ1) is 15.4. The summed E-state index contributed by atoms with van der Waals surface area (Å²) in [4.78, 5) is 14.9. The summed E-state index contributed by atoms with van der Waals surface area (Å²) in [5.74, 6) is 0.414. The third kappa shape index (κ3) is 2.73. The van der Waals surface area contributed by atoms with Gasteiger partial charge in [-0.05, 0) is 38.4 Å². The molecule has 0 saturated carbocycles. The molecule has 1 amide bonds. The lowest BCUT2D eigenvalue weighted by atomic mass is 9.90. The normalized spacial score (nSPS) is 23.8. The van der Waals surface area contributed by atoms with Crippen LogP contribution in [-0.4, -0.2) is 39.7 Å². The van der Waals surface area contributed by atoms with E-state index in [0.29, 0.717) is 12.5 Å². The van der Waals surface area contributed by atoms with E-state index in [1.54, 1.807) is 0 Å². The fraction of sp³-hybridized carbons (Fsp3) is 0.474. The van der Waals surface area contributed by atoms with E-state index in [-0.39, 0.29) is 12.0 Å². The number of para-hydroxylation sites is 1. The largest absolute Gasteiger partial charge is 0.338 e. The van der Waals surface area contributed by atoms with Crippen molar-refractivity contribution in [2.75, 3.05) is 13.1 Å². The molecule has 0 spiro atoms. The fourth-order valence-electron chi connectivity index (χ4n) is 3.93. The van der Waals surface area contributed by atoms with Gasteiger partial charge < -0.3 is 10.2 Å². The minimum Gasteiger partial charge on any atom is -0.338 e. The maximum Gasteiger partial charge on any atom is 0.227 e. The van der Waals surface area contributed by atoms with E-state index in [0.717, 1.165) is 38.0 Å². The quantitative estimate of drug-likeness (QED) is 0.921. The lowest BCUT2D eigenvalue weighted by Gasteiger charge is -2.35. The maximum absolute atomic E-state index is 12.9. The molecule has 2 unspecified atom stereocenters. The second kappa shape index (κ2) is 6.40. The van der Waals surface area contributed by atoms with E-state index >= 15 is 0 Å². The van der Waals surface area contributed by atoms with Gasteiger partial charge in [0, 0.05) is 31.1 Å². The van der Waals surface area contributed by atoms with Crippen molar-refractivity contribution in [2.24, 2.45) is 5.92 Å². The van der Waals surface area contributed by atoms with Crippen LogP contribution in [0.3, 0.4) is 0 Å². The van der Waals surface area contributed by atoms with Gasteiger partial charge in [-0.15, -0.1) is 0 Å². The summed E-state index contributed by atoms with van der Waals surface area (Å²) in [5, 5.41) is 7.99. The van der Waals surface area contributed by atoms with Crippen LogP contribution in [0.25, 0.3) is 5.69 Å². The van der Waals surface area contributed by atoms with Crippen molar-refractivity contribution in [2.45, 2.75) is 38.8 Å². The Morgan fingerprint density at radius 3 is 2.92 bits per heavy atom. The van der Waals surface area contributed by atoms with Gasteiger partial charge >= 0.3 is 0 Å². The number of fused-ring (bicyclic) bond motifs is 1. The third-order valence-corrected chi connectivity index (χ3v) is 5.33. The van der Waals surface area contributed by atoms with Gasteiger partial charge in [-0.1, -0.05) is 18.2 Å². The highest BCUT2D eigenvalue weighted by Crippen LogP contribution is 2.25. The standard InChI is InChI=1S/C19H24N4O/c1-14-17(8-5-10-20-14)19(24)22-11-9-18-15(13-22)12-21-23(18)16-6-3-2-4-7-16/h2-4,6-7,12,14,17,20H,5,8-11,13H2,1H3. The lowest BCUT2D eigenvalue weighted by Crippen LogP contribution is -2.49. The fourth-order valence-corrected chi connectivity index (χ4v) is 3.93. The van der Waals surface area contributed by atoms with Crippen molar-refractivity contribution in [3.05, 3.63) is 47.8 Å². The molecule has 24 heavy (non-hydrogen) atoms. The van der Waals surface area contributed by atoms with Crippen molar-refractivity contribution < 1.29 is 4.79 Å². The predicted molar refractivity (Wildman–Crippen MR) is 92.9 cm³/mol. The molecule has 2 atom stereocenters. The van der Waals surface area contributed by atoms with E-state index in [1.165, 1.54) is 11.3 Å². The van der Waals surface area contributed by atoms with Crippen LogP contribution in [-0.2, 0) is 17.8 Å². The molecule has 1 N–H and O–H groups in total. The Morgan fingerprint density at radius 2 is 2.12 bits per heavy atom. The van der Waals surface area contributed by atoms with Crippen LogP contribution in [0.2, 0.25) is 0 Å². The summed E-state index contributed by atoms with van der Waals surface area (Å²) < 4.78 is 2.02. The summed E-state index contributed by atoms with van der Waals surface area (Å²) in [6.45, 7) is 4.63. The molecule has 5 nitrogen and oxygen atoms in total. The Hall–Kier alpha value is -2.14. The summed E-state index contributed by atoms with van der Waals surface area (Å²) >= 11 is 0. The van der Waals surface area contributed by atoms with Gasteiger partial charge in [0.15, 0.2) is 0 Å². The number of piperidine rings is 1. The molecule has 1 saturated heterocycles. The molecule has 2 aromatic rings. The number of hydrogen-bond donors (Lipinski definition) is 1. The van der Waals surface area contributed by atoms with Crippen molar-refractivity contribution in [1.29, 1.82) is 0 Å².